The van der Waals surface area contributed by atoms with Gasteiger partial charge in [0.1, 0.15) is 5.82 Å². The van der Waals surface area contributed by atoms with E-state index in [-0.39, 0.29) is 16.5 Å². The van der Waals surface area contributed by atoms with Gasteiger partial charge in [-0.1, -0.05) is 11.6 Å². The maximum Gasteiger partial charge on any atom is 0.277 e. The average molecular weight is 337 g/mol. The van der Waals surface area contributed by atoms with Crippen LogP contribution in [0.25, 0.3) is 0 Å². The van der Waals surface area contributed by atoms with E-state index >= 15 is 0 Å². The lowest BCUT2D eigenvalue weighted by Crippen LogP contribution is -2.25. The first-order valence-corrected chi connectivity index (χ1v) is 6.99. The van der Waals surface area contributed by atoms with Gasteiger partial charge in [0.05, 0.1) is 12.7 Å². The summed E-state index contributed by atoms with van der Waals surface area (Å²) in [6.45, 7) is 0. The van der Waals surface area contributed by atoms with Crippen LogP contribution in [-0.2, 0) is 4.84 Å². The number of rotatable bonds is 4. The molecule has 0 aliphatic carbocycles. The van der Waals surface area contributed by atoms with Gasteiger partial charge < -0.3 is 5.32 Å². The number of nitrogens with one attached hydrogen (secondary N) is 1. The fourth-order valence-corrected chi connectivity index (χ4v) is 2.00. The van der Waals surface area contributed by atoms with Crippen LogP contribution in [0.1, 0.15) is 20.7 Å². The van der Waals surface area contributed by atoms with Crippen molar-refractivity contribution in [2.45, 2.75) is 0 Å². The lowest BCUT2D eigenvalue weighted by Gasteiger charge is -2.13. The predicted molar refractivity (Wildman–Crippen MR) is 84.9 cm³/mol. The summed E-state index contributed by atoms with van der Waals surface area (Å²) in [5.74, 6) is -1.62. The Balaban J connectivity index is 2.13. The van der Waals surface area contributed by atoms with Crippen molar-refractivity contribution < 1.29 is 18.8 Å². The van der Waals surface area contributed by atoms with Gasteiger partial charge in [-0.2, -0.15) is 0 Å². The van der Waals surface area contributed by atoms with Crippen LogP contribution in [0.15, 0.2) is 42.5 Å². The van der Waals surface area contributed by atoms with Crippen LogP contribution in [0.2, 0.25) is 5.02 Å². The summed E-state index contributed by atoms with van der Waals surface area (Å²) >= 11 is 5.76. The van der Waals surface area contributed by atoms with Gasteiger partial charge in [0.15, 0.2) is 0 Å². The third-order valence-electron chi connectivity index (χ3n) is 3.12. The molecule has 2 amide bonds. The number of benzene rings is 2. The molecular formula is C16H14ClFN2O3. The summed E-state index contributed by atoms with van der Waals surface area (Å²) < 4.78 is 13.6. The fraction of sp³-hybridized carbons (Fsp3) is 0.125. The van der Waals surface area contributed by atoms with Crippen molar-refractivity contribution in [1.29, 1.82) is 0 Å². The number of amides is 2. The summed E-state index contributed by atoms with van der Waals surface area (Å²) in [6, 6.07) is 9.87. The smallest absolute Gasteiger partial charge is 0.277 e. The van der Waals surface area contributed by atoms with Crippen molar-refractivity contribution in [3.05, 3.63) is 64.4 Å². The third-order valence-corrected chi connectivity index (χ3v) is 3.36. The molecule has 0 saturated carbocycles. The minimum atomic E-state index is -0.666. The van der Waals surface area contributed by atoms with Crippen LogP contribution >= 0.6 is 11.6 Å². The molecule has 7 heteroatoms. The normalized spacial score (nSPS) is 10.3. The fourth-order valence-electron chi connectivity index (χ4n) is 1.83. The first kappa shape index (κ1) is 16.9. The number of halogens is 2. The van der Waals surface area contributed by atoms with E-state index in [9.17, 15) is 14.0 Å². The molecule has 5 nitrogen and oxygen atoms in total. The molecule has 0 bridgehead atoms. The molecule has 0 saturated heterocycles. The quantitative estimate of drug-likeness (QED) is 0.871. The van der Waals surface area contributed by atoms with E-state index < -0.39 is 11.7 Å². The van der Waals surface area contributed by atoms with Crippen LogP contribution in [-0.4, -0.2) is 31.0 Å². The minimum absolute atomic E-state index is 0.156. The summed E-state index contributed by atoms with van der Waals surface area (Å²) in [5, 5.41) is 3.88. The molecule has 0 aromatic heterocycles. The van der Waals surface area contributed by atoms with Crippen LogP contribution in [0.4, 0.5) is 10.1 Å². The van der Waals surface area contributed by atoms with Crippen molar-refractivity contribution in [2.75, 3.05) is 19.5 Å². The highest BCUT2D eigenvalue weighted by Crippen LogP contribution is 2.17. The van der Waals surface area contributed by atoms with Gasteiger partial charge in [0.25, 0.3) is 11.8 Å². The van der Waals surface area contributed by atoms with Gasteiger partial charge in [0.2, 0.25) is 0 Å². The number of hydrogen-bond donors (Lipinski definition) is 1. The maximum absolute atomic E-state index is 13.6. The van der Waals surface area contributed by atoms with Crippen LogP contribution in [0, 0.1) is 5.82 Å². The average Bonchev–Trinajstić information content (AvgIpc) is 2.56. The second-order valence-corrected chi connectivity index (χ2v) is 5.08. The lowest BCUT2D eigenvalue weighted by molar-refractivity contribution is -0.0756. The molecule has 0 heterocycles. The number of carbonyl (C=O) groups is 2. The van der Waals surface area contributed by atoms with Crippen LogP contribution in [0.3, 0.4) is 0 Å². The Morgan fingerprint density at radius 3 is 2.43 bits per heavy atom. The number of nitrogens with zero attached hydrogens (tertiary/aromatic N) is 1. The molecule has 0 atom stereocenters. The monoisotopic (exact) mass is 336 g/mol. The molecule has 2 aromatic carbocycles. The van der Waals surface area contributed by atoms with Crippen LogP contribution in [0.5, 0.6) is 0 Å². The highest BCUT2D eigenvalue weighted by atomic mass is 35.5. The highest BCUT2D eigenvalue weighted by Gasteiger charge is 2.14. The van der Waals surface area contributed by atoms with Gasteiger partial charge in [-0.05, 0) is 42.5 Å². The number of carbonyl (C=O) groups excluding carboxylic acids is 2. The first-order chi connectivity index (χ1) is 10.9. The van der Waals surface area contributed by atoms with Gasteiger partial charge in [-0.25, -0.2) is 9.45 Å². The van der Waals surface area contributed by atoms with Gasteiger partial charge in [0, 0.05) is 23.3 Å². The summed E-state index contributed by atoms with van der Waals surface area (Å²) in [5.41, 5.74) is 0.657. The van der Waals surface area contributed by atoms with E-state index in [1.165, 1.54) is 50.6 Å². The molecule has 0 unspecified atom stereocenters. The zero-order valence-electron chi connectivity index (χ0n) is 12.5. The minimum Gasteiger partial charge on any atom is -0.322 e. The van der Waals surface area contributed by atoms with Crippen molar-refractivity contribution in [2.24, 2.45) is 0 Å². The molecule has 1 N–H and O–H groups in total. The van der Waals surface area contributed by atoms with Crippen molar-refractivity contribution in [3.8, 4) is 0 Å². The zero-order valence-corrected chi connectivity index (χ0v) is 13.2. The van der Waals surface area contributed by atoms with E-state index in [1.54, 1.807) is 0 Å². The molecule has 0 fully saturated rings. The lowest BCUT2D eigenvalue weighted by atomic mass is 10.1. The maximum atomic E-state index is 13.6. The summed E-state index contributed by atoms with van der Waals surface area (Å²) in [7, 11) is 2.87. The van der Waals surface area contributed by atoms with Crippen molar-refractivity contribution in [1.82, 2.24) is 5.06 Å². The standard InChI is InChI=1S/C16H14ClFN2O3/c1-20(23-2)16(22)10-3-6-12(7-4-10)19-15(21)13-9-11(17)5-8-14(13)18/h3-9H,1-2H3,(H,19,21). The van der Waals surface area contributed by atoms with Crippen LogP contribution < -0.4 is 5.32 Å². The first-order valence-electron chi connectivity index (χ1n) is 6.61. The van der Waals surface area contributed by atoms with E-state index in [1.807, 2.05) is 0 Å². The molecule has 0 aliphatic heterocycles. The second-order valence-electron chi connectivity index (χ2n) is 4.64. The Kier molecular flexibility index (Phi) is 5.31. The number of hydroxylamine groups is 2. The summed E-state index contributed by atoms with van der Waals surface area (Å²) in [4.78, 5) is 28.7. The van der Waals surface area contributed by atoms with Gasteiger partial charge in [-0.15, -0.1) is 0 Å². The molecule has 0 radical (unpaired) electrons. The van der Waals surface area contributed by atoms with Crippen molar-refractivity contribution >= 4 is 29.1 Å². The molecule has 0 aliphatic rings. The van der Waals surface area contributed by atoms with Crippen molar-refractivity contribution in [3.63, 3.8) is 0 Å². The molecule has 120 valence electrons. The number of hydrogen-bond acceptors (Lipinski definition) is 3. The Bertz CT molecular complexity index is 735. The van der Waals surface area contributed by atoms with E-state index in [4.69, 9.17) is 16.4 Å². The predicted octanol–water partition coefficient (Wildman–Crippen LogP) is 3.36. The SMILES string of the molecule is CON(C)C(=O)c1ccc(NC(=O)c2cc(Cl)ccc2F)cc1. The Labute approximate surface area is 137 Å². The Morgan fingerprint density at radius 2 is 1.83 bits per heavy atom. The topological polar surface area (TPSA) is 58.6 Å². The van der Waals surface area contributed by atoms with E-state index in [2.05, 4.69) is 5.32 Å². The third kappa shape index (κ3) is 4.06. The van der Waals surface area contributed by atoms with Gasteiger partial charge >= 0.3 is 0 Å². The Morgan fingerprint density at radius 1 is 1.17 bits per heavy atom. The summed E-state index contributed by atoms with van der Waals surface area (Å²) in [6.07, 6.45) is 0. The van der Waals surface area contributed by atoms with Gasteiger partial charge in [-0.3, -0.25) is 14.4 Å². The zero-order chi connectivity index (χ0) is 17.0. The number of anilines is 1. The van der Waals surface area contributed by atoms with E-state index in [0.29, 0.717) is 11.3 Å². The molecular weight excluding hydrogens is 323 g/mol. The van der Waals surface area contributed by atoms with E-state index in [0.717, 1.165) is 11.1 Å². The molecule has 2 rings (SSSR count). The molecule has 2 aromatic rings. The molecule has 0 spiro atoms. The highest BCUT2D eigenvalue weighted by molar-refractivity contribution is 6.31. The molecule has 23 heavy (non-hydrogen) atoms. The largest absolute Gasteiger partial charge is 0.322 e. The Hall–Kier alpha value is -2.44. The second kappa shape index (κ2) is 7.21.